The van der Waals surface area contributed by atoms with Crippen LogP contribution in [0.3, 0.4) is 0 Å². The van der Waals surface area contributed by atoms with Gasteiger partial charge in [0.25, 0.3) is 0 Å². The molecule has 0 unspecified atom stereocenters. The van der Waals surface area contributed by atoms with E-state index in [2.05, 4.69) is 47.3 Å². The highest BCUT2D eigenvalue weighted by molar-refractivity contribution is 5.35. The van der Waals surface area contributed by atoms with Gasteiger partial charge in [0.15, 0.2) is 0 Å². The van der Waals surface area contributed by atoms with E-state index in [0.717, 1.165) is 24.5 Å². The predicted molar refractivity (Wildman–Crippen MR) is 74.8 cm³/mol. The molecule has 0 aliphatic heterocycles. The average Bonchev–Trinajstić information content (AvgIpc) is 2.87. The second-order valence-corrected chi connectivity index (χ2v) is 5.43. The summed E-state index contributed by atoms with van der Waals surface area (Å²) >= 11 is 0. The molecule has 0 radical (unpaired) electrons. The molecule has 2 rings (SSSR count). The van der Waals surface area contributed by atoms with Crippen molar-refractivity contribution in [2.24, 2.45) is 0 Å². The van der Waals surface area contributed by atoms with Gasteiger partial charge in [-0.2, -0.15) is 0 Å². The molecule has 1 aromatic heterocycles. The topological polar surface area (TPSA) is 41.0 Å². The van der Waals surface area contributed by atoms with Crippen LogP contribution in [0.1, 0.15) is 38.3 Å². The zero-order chi connectivity index (χ0) is 13.0. The number of hydrogen-bond donors (Lipinski definition) is 1. The van der Waals surface area contributed by atoms with E-state index in [1.807, 2.05) is 0 Å². The van der Waals surface area contributed by atoms with Gasteiger partial charge >= 0.3 is 0 Å². The Morgan fingerprint density at radius 2 is 2.00 bits per heavy atom. The van der Waals surface area contributed by atoms with Gasteiger partial charge < -0.3 is 10.2 Å². The van der Waals surface area contributed by atoms with Crippen molar-refractivity contribution in [3.05, 3.63) is 18.1 Å². The van der Waals surface area contributed by atoms with Crippen molar-refractivity contribution in [1.82, 2.24) is 14.9 Å². The van der Waals surface area contributed by atoms with Gasteiger partial charge in [-0.25, -0.2) is 9.97 Å². The number of hydrogen-bond acceptors (Lipinski definition) is 4. The molecule has 1 aliphatic carbocycles. The van der Waals surface area contributed by atoms with E-state index in [1.54, 1.807) is 6.33 Å². The maximum Gasteiger partial charge on any atom is 0.129 e. The molecule has 1 saturated carbocycles. The molecule has 0 aromatic carbocycles. The molecule has 1 aliphatic rings. The van der Waals surface area contributed by atoms with Crippen molar-refractivity contribution in [3.63, 3.8) is 0 Å². The molecule has 0 atom stereocenters. The van der Waals surface area contributed by atoms with Gasteiger partial charge in [0, 0.05) is 23.8 Å². The molecule has 0 spiro atoms. The fourth-order valence-electron chi connectivity index (χ4n) is 2.76. The number of rotatable bonds is 5. The van der Waals surface area contributed by atoms with Crippen LogP contribution in [0, 0.1) is 0 Å². The first-order chi connectivity index (χ1) is 8.66. The van der Waals surface area contributed by atoms with Crippen molar-refractivity contribution in [1.29, 1.82) is 0 Å². The van der Waals surface area contributed by atoms with E-state index < -0.39 is 0 Å². The van der Waals surface area contributed by atoms with Crippen LogP contribution >= 0.6 is 0 Å². The molecule has 1 N–H and O–H groups in total. The number of likely N-dealkylation sites (N-methyl/N-ethyl adjacent to an activating group) is 1. The molecule has 4 nitrogen and oxygen atoms in total. The Bertz CT molecular complexity index is 383. The zero-order valence-corrected chi connectivity index (χ0v) is 11.7. The third-order valence-electron chi connectivity index (χ3n) is 4.17. The minimum absolute atomic E-state index is 0.303. The minimum Gasteiger partial charge on any atom is -0.368 e. The Labute approximate surface area is 110 Å². The molecule has 100 valence electrons. The summed E-state index contributed by atoms with van der Waals surface area (Å²) in [4.78, 5) is 10.9. The van der Waals surface area contributed by atoms with Crippen molar-refractivity contribution in [2.75, 3.05) is 26.0 Å². The summed E-state index contributed by atoms with van der Waals surface area (Å²) in [6, 6.07) is 2.05. The normalized spacial score (nSPS) is 18.2. The molecule has 18 heavy (non-hydrogen) atoms. The third kappa shape index (κ3) is 2.80. The summed E-state index contributed by atoms with van der Waals surface area (Å²) in [5.41, 5.74) is 1.40. The van der Waals surface area contributed by atoms with E-state index in [4.69, 9.17) is 0 Å². The van der Waals surface area contributed by atoms with Gasteiger partial charge in [0.2, 0.25) is 0 Å². The number of nitrogens with one attached hydrogen (secondary N) is 1. The van der Waals surface area contributed by atoms with Crippen LogP contribution in [-0.4, -0.2) is 41.0 Å². The molecule has 1 aromatic rings. The van der Waals surface area contributed by atoms with Crippen LogP contribution in [0.5, 0.6) is 0 Å². The Hall–Kier alpha value is -1.16. The van der Waals surface area contributed by atoms with Gasteiger partial charge in [-0.15, -0.1) is 0 Å². The number of aryl methyl sites for hydroxylation is 1. The van der Waals surface area contributed by atoms with Crippen molar-refractivity contribution < 1.29 is 0 Å². The monoisotopic (exact) mass is 248 g/mol. The van der Waals surface area contributed by atoms with Crippen molar-refractivity contribution in [2.45, 2.75) is 44.6 Å². The number of nitrogens with zero attached hydrogens (tertiary/aromatic N) is 3. The molecular formula is C14H24N4. The minimum atomic E-state index is 0.303. The average molecular weight is 248 g/mol. The molecule has 0 saturated heterocycles. The summed E-state index contributed by atoms with van der Waals surface area (Å²) in [6.07, 6.45) is 7.83. The Kier molecular flexibility index (Phi) is 4.17. The van der Waals surface area contributed by atoms with Crippen LogP contribution in [-0.2, 0) is 6.42 Å². The molecule has 4 heteroatoms. The lowest BCUT2D eigenvalue weighted by molar-refractivity contribution is 0.172. The van der Waals surface area contributed by atoms with Gasteiger partial charge in [0.05, 0.1) is 0 Å². The Morgan fingerprint density at radius 3 is 2.61 bits per heavy atom. The first kappa shape index (κ1) is 13.3. The van der Waals surface area contributed by atoms with Crippen LogP contribution in [0.4, 0.5) is 5.82 Å². The SMILES string of the molecule is CCc1cc(NCC2(N(C)C)CCCC2)ncn1. The quantitative estimate of drug-likeness (QED) is 0.868. The zero-order valence-electron chi connectivity index (χ0n) is 11.7. The standard InChI is InChI=1S/C14H24N4/c1-4-12-9-13(17-11-16-12)15-10-14(18(2)3)7-5-6-8-14/h9,11H,4-8,10H2,1-3H3,(H,15,16,17). The summed E-state index contributed by atoms with van der Waals surface area (Å²) < 4.78 is 0. The maximum absolute atomic E-state index is 4.30. The highest BCUT2D eigenvalue weighted by Gasteiger charge is 2.35. The van der Waals surface area contributed by atoms with E-state index in [0.29, 0.717) is 5.54 Å². The fourth-order valence-corrected chi connectivity index (χ4v) is 2.76. The predicted octanol–water partition coefficient (Wildman–Crippen LogP) is 2.33. The van der Waals surface area contributed by atoms with Crippen molar-refractivity contribution >= 4 is 5.82 Å². The highest BCUT2D eigenvalue weighted by Crippen LogP contribution is 2.33. The second kappa shape index (κ2) is 5.65. The van der Waals surface area contributed by atoms with Gasteiger partial charge in [0.1, 0.15) is 12.1 Å². The summed E-state index contributed by atoms with van der Waals surface area (Å²) in [6.45, 7) is 3.09. The van der Waals surface area contributed by atoms with Gasteiger partial charge in [-0.05, 0) is 33.4 Å². The van der Waals surface area contributed by atoms with E-state index in [1.165, 1.54) is 25.7 Å². The largest absolute Gasteiger partial charge is 0.368 e. The van der Waals surface area contributed by atoms with Crippen LogP contribution < -0.4 is 5.32 Å². The summed E-state index contributed by atoms with van der Waals surface area (Å²) in [5.74, 6) is 0.954. The summed E-state index contributed by atoms with van der Waals surface area (Å²) in [5, 5.41) is 3.49. The fraction of sp³-hybridized carbons (Fsp3) is 0.714. The van der Waals surface area contributed by atoms with E-state index in [-0.39, 0.29) is 0 Å². The number of aromatic nitrogens is 2. The smallest absolute Gasteiger partial charge is 0.129 e. The first-order valence-corrected chi connectivity index (χ1v) is 6.88. The second-order valence-electron chi connectivity index (χ2n) is 5.43. The number of anilines is 1. The lowest BCUT2D eigenvalue weighted by Crippen LogP contribution is -2.47. The summed E-state index contributed by atoms with van der Waals surface area (Å²) in [7, 11) is 4.37. The molecular weight excluding hydrogens is 224 g/mol. The van der Waals surface area contributed by atoms with E-state index in [9.17, 15) is 0 Å². The van der Waals surface area contributed by atoms with Crippen molar-refractivity contribution in [3.8, 4) is 0 Å². The van der Waals surface area contributed by atoms with E-state index >= 15 is 0 Å². The molecule has 1 fully saturated rings. The maximum atomic E-state index is 4.30. The molecule has 1 heterocycles. The van der Waals surface area contributed by atoms with Gasteiger partial charge in [-0.3, -0.25) is 0 Å². The third-order valence-corrected chi connectivity index (χ3v) is 4.17. The molecule has 0 amide bonds. The Balaban J connectivity index is 2.01. The van der Waals surface area contributed by atoms with Crippen LogP contribution in [0.25, 0.3) is 0 Å². The van der Waals surface area contributed by atoms with Crippen LogP contribution in [0.2, 0.25) is 0 Å². The Morgan fingerprint density at radius 1 is 1.28 bits per heavy atom. The lowest BCUT2D eigenvalue weighted by Gasteiger charge is -2.36. The highest BCUT2D eigenvalue weighted by atomic mass is 15.2. The molecule has 0 bridgehead atoms. The van der Waals surface area contributed by atoms with Crippen LogP contribution in [0.15, 0.2) is 12.4 Å². The van der Waals surface area contributed by atoms with Gasteiger partial charge in [-0.1, -0.05) is 19.8 Å². The first-order valence-electron chi connectivity index (χ1n) is 6.88. The lowest BCUT2D eigenvalue weighted by atomic mass is 9.96.